The van der Waals surface area contributed by atoms with Gasteiger partial charge in [-0.25, -0.2) is 0 Å². The third-order valence-corrected chi connectivity index (χ3v) is 4.55. The predicted octanol–water partition coefficient (Wildman–Crippen LogP) is 5.82. The van der Waals surface area contributed by atoms with Crippen LogP contribution in [-0.2, 0) is 6.54 Å². The standard InChI is InChI=1S/C19H21Cl2NO/c1-3-16(4-2)22(13-14-8-6-5-7-9-14)19(23)17-11-10-15(20)12-18(17)21/h5-12,16H,3-4,13H2,1-2H3. The summed E-state index contributed by atoms with van der Waals surface area (Å²) in [6.07, 6.45) is 1.81. The van der Waals surface area contributed by atoms with E-state index < -0.39 is 0 Å². The monoisotopic (exact) mass is 349 g/mol. The van der Waals surface area contributed by atoms with Gasteiger partial charge in [-0.15, -0.1) is 0 Å². The Morgan fingerprint density at radius 3 is 2.26 bits per heavy atom. The van der Waals surface area contributed by atoms with Crippen molar-refractivity contribution >= 4 is 29.1 Å². The summed E-state index contributed by atoms with van der Waals surface area (Å²) in [5.41, 5.74) is 1.61. The van der Waals surface area contributed by atoms with Crippen LogP contribution in [0.5, 0.6) is 0 Å². The van der Waals surface area contributed by atoms with Crippen molar-refractivity contribution in [2.45, 2.75) is 39.3 Å². The Balaban J connectivity index is 2.34. The predicted molar refractivity (Wildman–Crippen MR) is 97.1 cm³/mol. The molecule has 122 valence electrons. The van der Waals surface area contributed by atoms with E-state index in [1.807, 2.05) is 35.2 Å². The van der Waals surface area contributed by atoms with Gasteiger partial charge in [0.2, 0.25) is 0 Å². The van der Waals surface area contributed by atoms with E-state index in [1.54, 1.807) is 18.2 Å². The molecule has 0 saturated carbocycles. The number of halogens is 2. The first kappa shape index (κ1) is 17.8. The Hall–Kier alpha value is -1.51. The zero-order chi connectivity index (χ0) is 16.8. The molecule has 2 aromatic rings. The second-order valence-electron chi connectivity index (χ2n) is 5.51. The summed E-state index contributed by atoms with van der Waals surface area (Å²) in [6.45, 7) is 4.77. The van der Waals surface area contributed by atoms with Gasteiger partial charge in [-0.3, -0.25) is 4.79 Å². The minimum atomic E-state index is -0.0516. The van der Waals surface area contributed by atoms with Crippen molar-refractivity contribution < 1.29 is 4.79 Å². The lowest BCUT2D eigenvalue weighted by atomic mass is 10.1. The van der Waals surface area contributed by atoms with Gasteiger partial charge in [0.05, 0.1) is 10.6 Å². The molecule has 0 atom stereocenters. The minimum absolute atomic E-state index is 0.0516. The number of carbonyl (C=O) groups is 1. The van der Waals surface area contributed by atoms with Crippen molar-refractivity contribution in [2.24, 2.45) is 0 Å². The Bertz CT molecular complexity index is 654. The van der Waals surface area contributed by atoms with Crippen molar-refractivity contribution in [3.63, 3.8) is 0 Å². The van der Waals surface area contributed by atoms with Crippen LogP contribution in [0.25, 0.3) is 0 Å². The molecule has 2 rings (SSSR count). The van der Waals surface area contributed by atoms with Crippen molar-refractivity contribution in [3.8, 4) is 0 Å². The molecule has 0 aliphatic rings. The molecule has 0 fully saturated rings. The molecule has 0 bridgehead atoms. The summed E-state index contributed by atoms with van der Waals surface area (Å²) < 4.78 is 0. The summed E-state index contributed by atoms with van der Waals surface area (Å²) in [7, 11) is 0. The summed E-state index contributed by atoms with van der Waals surface area (Å²) in [5.74, 6) is -0.0516. The number of benzene rings is 2. The topological polar surface area (TPSA) is 20.3 Å². The first-order valence-electron chi connectivity index (χ1n) is 7.86. The maximum Gasteiger partial charge on any atom is 0.255 e. The van der Waals surface area contributed by atoms with Crippen molar-refractivity contribution in [2.75, 3.05) is 0 Å². The molecule has 0 N–H and O–H groups in total. The highest BCUT2D eigenvalue weighted by molar-refractivity contribution is 6.36. The van der Waals surface area contributed by atoms with Crippen LogP contribution in [0.2, 0.25) is 10.0 Å². The summed E-state index contributed by atoms with van der Waals surface area (Å²) in [6, 6.07) is 15.2. The first-order chi connectivity index (χ1) is 11.1. The molecule has 0 saturated heterocycles. The lowest BCUT2D eigenvalue weighted by molar-refractivity contribution is 0.0650. The number of rotatable bonds is 6. The quantitative estimate of drug-likeness (QED) is 0.642. The minimum Gasteiger partial charge on any atom is -0.331 e. The lowest BCUT2D eigenvalue weighted by Gasteiger charge is -2.31. The highest BCUT2D eigenvalue weighted by Crippen LogP contribution is 2.25. The van der Waals surface area contributed by atoms with E-state index in [-0.39, 0.29) is 11.9 Å². The molecule has 2 aromatic carbocycles. The number of hydrogen-bond acceptors (Lipinski definition) is 1. The fraction of sp³-hybridized carbons (Fsp3) is 0.316. The van der Waals surface area contributed by atoms with Gasteiger partial charge in [0.1, 0.15) is 0 Å². The largest absolute Gasteiger partial charge is 0.331 e. The van der Waals surface area contributed by atoms with Crippen LogP contribution in [0, 0.1) is 0 Å². The Labute approximate surface area is 148 Å². The van der Waals surface area contributed by atoms with E-state index in [9.17, 15) is 4.79 Å². The summed E-state index contributed by atoms with van der Waals surface area (Å²) in [4.78, 5) is 14.9. The molecule has 0 spiro atoms. The molecule has 0 aliphatic carbocycles. The van der Waals surface area contributed by atoms with Gasteiger partial charge < -0.3 is 4.90 Å². The van der Waals surface area contributed by atoms with E-state index >= 15 is 0 Å². The van der Waals surface area contributed by atoms with Gasteiger partial charge in [-0.2, -0.15) is 0 Å². The third-order valence-electron chi connectivity index (χ3n) is 4.00. The van der Waals surface area contributed by atoms with Crippen LogP contribution >= 0.6 is 23.2 Å². The third kappa shape index (κ3) is 4.49. The molecule has 0 heterocycles. The van der Waals surface area contributed by atoms with Gasteiger partial charge in [-0.1, -0.05) is 67.4 Å². The van der Waals surface area contributed by atoms with Gasteiger partial charge in [0.25, 0.3) is 5.91 Å². The molecular formula is C19H21Cl2NO. The van der Waals surface area contributed by atoms with Crippen LogP contribution < -0.4 is 0 Å². The summed E-state index contributed by atoms with van der Waals surface area (Å²) in [5, 5.41) is 0.926. The van der Waals surface area contributed by atoms with Crippen molar-refractivity contribution in [3.05, 3.63) is 69.7 Å². The van der Waals surface area contributed by atoms with Crippen LogP contribution in [0.4, 0.5) is 0 Å². The molecule has 1 amide bonds. The second-order valence-corrected chi connectivity index (χ2v) is 6.36. The fourth-order valence-electron chi connectivity index (χ4n) is 2.69. The van der Waals surface area contributed by atoms with E-state index in [4.69, 9.17) is 23.2 Å². The molecule has 2 nitrogen and oxygen atoms in total. The van der Waals surface area contributed by atoms with Crippen molar-refractivity contribution in [1.82, 2.24) is 4.90 Å². The normalized spacial score (nSPS) is 10.8. The average molecular weight is 350 g/mol. The summed E-state index contributed by atoms with van der Waals surface area (Å²) >= 11 is 12.2. The number of carbonyl (C=O) groups excluding carboxylic acids is 1. The molecule has 0 aromatic heterocycles. The number of hydrogen-bond donors (Lipinski definition) is 0. The Morgan fingerprint density at radius 1 is 1.04 bits per heavy atom. The molecule has 0 radical (unpaired) electrons. The van der Waals surface area contributed by atoms with E-state index in [0.29, 0.717) is 22.2 Å². The zero-order valence-electron chi connectivity index (χ0n) is 13.4. The molecule has 4 heteroatoms. The molecular weight excluding hydrogens is 329 g/mol. The van der Waals surface area contributed by atoms with Crippen LogP contribution in [0.3, 0.4) is 0 Å². The fourth-order valence-corrected chi connectivity index (χ4v) is 3.18. The lowest BCUT2D eigenvalue weighted by Crippen LogP contribution is -2.39. The van der Waals surface area contributed by atoms with Crippen molar-refractivity contribution in [1.29, 1.82) is 0 Å². The maximum atomic E-state index is 13.0. The maximum absolute atomic E-state index is 13.0. The van der Waals surface area contributed by atoms with Gasteiger partial charge in [0.15, 0.2) is 0 Å². The SMILES string of the molecule is CCC(CC)N(Cc1ccccc1)C(=O)c1ccc(Cl)cc1Cl. The zero-order valence-corrected chi connectivity index (χ0v) is 14.9. The van der Waals surface area contributed by atoms with E-state index in [1.165, 1.54) is 0 Å². The Morgan fingerprint density at radius 2 is 1.70 bits per heavy atom. The van der Waals surface area contributed by atoms with Crippen LogP contribution in [0.15, 0.2) is 48.5 Å². The Kier molecular flexibility index (Phi) is 6.49. The van der Waals surface area contributed by atoms with Gasteiger partial charge >= 0.3 is 0 Å². The first-order valence-corrected chi connectivity index (χ1v) is 8.62. The van der Waals surface area contributed by atoms with E-state index in [2.05, 4.69) is 13.8 Å². The highest BCUT2D eigenvalue weighted by Gasteiger charge is 2.24. The van der Waals surface area contributed by atoms with Crippen LogP contribution in [-0.4, -0.2) is 16.8 Å². The number of nitrogens with zero attached hydrogens (tertiary/aromatic N) is 1. The highest BCUT2D eigenvalue weighted by atomic mass is 35.5. The smallest absolute Gasteiger partial charge is 0.255 e. The average Bonchev–Trinajstić information content (AvgIpc) is 2.55. The molecule has 0 unspecified atom stereocenters. The van der Waals surface area contributed by atoms with Crippen LogP contribution in [0.1, 0.15) is 42.6 Å². The van der Waals surface area contributed by atoms with Gasteiger partial charge in [0, 0.05) is 17.6 Å². The second kappa shape index (κ2) is 8.37. The molecule has 23 heavy (non-hydrogen) atoms. The van der Waals surface area contributed by atoms with Gasteiger partial charge in [-0.05, 0) is 36.6 Å². The number of amides is 1. The molecule has 0 aliphatic heterocycles. The van der Waals surface area contributed by atoms with E-state index in [0.717, 1.165) is 18.4 Å².